The van der Waals surface area contributed by atoms with Gasteiger partial charge in [-0.25, -0.2) is 19.0 Å². The predicted octanol–water partition coefficient (Wildman–Crippen LogP) is 3.10. The van der Waals surface area contributed by atoms with Crippen LogP contribution in [0.4, 0.5) is 10.2 Å². The number of aromatic nitrogens is 4. The van der Waals surface area contributed by atoms with Crippen molar-refractivity contribution < 1.29 is 9.18 Å². The summed E-state index contributed by atoms with van der Waals surface area (Å²) in [6.07, 6.45) is 6.18. The number of carbonyl (C=O) groups excluding carboxylic acids is 1. The van der Waals surface area contributed by atoms with Gasteiger partial charge in [0.05, 0.1) is 17.3 Å². The number of amides is 1. The SMILES string of the molecule is Cc1nc(N2CCN(C(=O)C3CCCC3)CC2)c2cnn(-c3ccc(F)cc3)c2n1. The molecule has 0 radical (unpaired) electrons. The largest absolute Gasteiger partial charge is 0.352 e. The Labute approximate surface area is 174 Å². The van der Waals surface area contributed by atoms with Crippen LogP contribution in [0.2, 0.25) is 0 Å². The average molecular weight is 408 g/mol. The summed E-state index contributed by atoms with van der Waals surface area (Å²) in [4.78, 5) is 26.2. The number of nitrogens with zero attached hydrogens (tertiary/aromatic N) is 6. The van der Waals surface area contributed by atoms with Crippen molar-refractivity contribution in [2.24, 2.45) is 5.92 Å². The lowest BCUT2D eigenvalue weighted by atomic mass is 10.1. The maximum atomic E-state index is 13.3. The second kappa shape index (κ2) is 7.66. The van der Waals surface area contributed by atoms with Gasteiger partial charge in [-0.3, -0.25) is 4.79 Å². The standard InChI is InChI=1S/C22H25FN6O/c1-15-25-20(27-10-12-28(13-11-27)22(30)16-4-2-3-5-16)19-14-24-29(21(19)26-15)18-8-6-17(23)7-9-18/h6-9,14,16H,2-5,10-13H2,1H3. The minimum Gasteiger partial charge on any atom is -0.352 e. The average Bonchev–Trinajstić information content (AvgIpc) is 3.44. The smallest absolute Gasteiger partial charge is 0.225 e. The van der Waals surface area contributed by atoms with E-state index in [1.54, 1.807) is 23.0 Å². The quantitative estimate of drug-likeness (QED) is 0.666. The minimum atomic E-state index is -0.285. The van der Waals surface area contributed by atoms with Crippen LogP contribution in [0.15, 0.2) is 30.5 Å². The molecule has 2 aliphatic rings. The first-order valence-corrected chi connectivity index (χ1v) is 10.6. The number of rotatable bonds is 3. The third-order valence-corrected chi connectivity index (χ3v) is 6.19. The fraction of sp³-hybridized carbons (Fsp3) is 0.455. The Kier molecular flexibility index (Phi) is 4.84. The van der Waals surface area contributed by atoms with E-state index in [0.29, 0.717) is 30.5 Å². The van der Waals surface area contributed by atoms with Crippen molar-refractivity contribution in [1.29, 1.82) is 0 Å². The first kappa shape index (κ1) is 19.0. The highest BCUT2D eigenvalue weighted by Crippen LogP contribution is 2.29. The fourth-order valence-corrected chi connectivity index (χ4v) is 4.58. The van der Waals surface area contributed by atoms with E-state index in [-0.39, 0.29) is 11.7 Å². The molecular weight excluding hydrogens is 383 g/mol. The lowest BCUT2D eigenvalue weighted by Crippen LogP contribution is -2.50. The number of hydrogen-bond acceptors (Lipinski definition) is 5. The zero-order valence-electron chi connectivity index (χ0n) is 17.1. The van der Waals surface area contributed by atoms with Gasteiger partial charge in [0.15, 0.2) is 5.65 Å². The Morgan fingerprint density at radius 2 is 1.73 bits per heavy atom. The second-order valence-electron chi connectivity index (χ2n) is 8.16. The molecule has 0 atom stereocenters. The van der Waals surface area contributed by atoms with Crippen LogP contribution in [0.5, 0.6) is 0 Å². The normalized spacial score (nSPS) is 17.8. The molecule has 0 spiro atoms. The van der Waals surface area contributed by atoms with E-state index in [1.807, 2.05) is 11.8 Å². The third-order valence-electron chi connectivity index (χ3n) is 6.19. The maximum absolute atomic E-state index is 13.3. The summed E-state index contributed by atoms with van der Waals surface area (Å²) in [5, 5.41) is 5.35. The molecule has 3 heterocycles. The molecule has 1 aliphatic heterocycles. The molecule has 1 saturated heterocycles. The van der Waals surface area contributed by atoms with Crippen LogP contribution in [0, 0.1) is 18.7 Å². The zero-order chi connectivity index (χ0) is 20.7. The van der Waals surface area contributed by atoms with Gasteiger partial charge < -0.3 is 9.80 Å². The van der Waals surface area contributed by atoms with Gasteiger partial charge in [0.2, 0.25) is 5.91 Å². The Bertz CT molecular complexity index is 1070. The van der Waals surface area contributed by atoms with Crippen molar-refractivity contribution in [3.63, 3.8) is 0 Å². The number of benzene rings is 1. The number of fused-ring (bicyclic) bond motifs is 1. The topological polar surface area (TPSA) is 67.2 Å². The van der Waals surface area contributed by atoms with Gasteiger partial charge in [0, 0.05) is 32.1 Å². The molecule has 30 heavy (non-hydrogen) atoms. The van der Waals surface area contributed by atoms with Crippen LogP contribution in [0.1, 0.15) is 31.5 Å². The summed E-state index contributed by atoms with van der Waals surface area (Å²) in [6, 6.07) is 6.20. The number of aryl methyl sites for hydroxylation is 1. The highest BCUT2D eigenvalue weighted by atomic mass is 19.1. The number of hydrogen-bond donors (Lipinski definition) is 0. The van der Waals surface area contributed by atoms with E-state index in [9.17, 15) is 9.18 Å². The number of anilines is 1. The second-order valence-corrected chi connectivity index (χ2v) is 8.16. The summed E-state index contributed by atoms with van der Waals surface area (Å²) in [6.45, 7) is 4.78. The zero-order valence-corrected chi connectivity index (χ0v) is 17.1. The number of carbonyl (C=O) groups is 1. The summed E-state index contributed by atoms with van der Waals surface area (Å²) in [5.41, 5.74) is 1.45. The monoisotopic (exact) mass is 408 g/mol. The molecular formula is C22H25FN6O. The molecule has 156 valence electrons. The van der Waals surface area contributed by atoms with Crippen LogP contribution in [0.3, 0.4) is 0 Å². The Balaban J connectivity index is 1.40. The van der Waals surface area contributed by atoms with Crippen molar-refractivity contribution in [1.82, 2.24) is 24.6 Å². The molecule has 5 rings (SSSR count). The molecule has 1 aromatic carbocycles. The Morgan fingerprint density at radius 1 is 1.03 bits per heavy atom. The van der Waals surface area contributed by atoms with E-state index in [4.69, 9.17) is 4.98 Å². The lowest BCUT2D eigenvalue weighted by molar-refractivity contribution is -0.135. The molecule has 0 unspecified atom stereocenters. The molecule has 1 saturated carbocycles. The lowest BCUT2D eigenvalue weighted by Gasteiger charge is -2.36. The first-order valence-electron chi connectivity index (χ1n) is 10.6. The van der Waals surface area contributed by atoms with Crippen molar-refractivity contribution in [2.75, 3.05) is 31.1 Å². The Hall–Kier alpha value is -3.03. The molecule has 2 fully saturated rings. The van der Waals surface area contributed by atoms with Crippen molar-refractivity contribution in [3.8, 4) is 5.69 Å². The maximum Gasteiger partial charge on any atom is 0.225 e. The Morgan fingerprint density at radius 3 is 2.43 bits per heavy atom. The van der Waals surface area contributed by atoms with Gasteiger partial charge in [-0.1, -0.05) is 12.8 Å². The van der Waals surface area contributed by atoms with E-state index in [0.717, 1.165) is 42.8 Å². The summed E-state index contributed by atoms with van der Waals surface area (Å²) in [5.74, 6) is 1.76. The number of halogens is 1. The first-order chi connectivity index (χ1) is 14.6. The highest BCUT2D eigenvalue weighted by Gasteiger charge is 2.30. The van der Waals surface area contributed by atoms with Gasteiger partial charge in [-0.05, 0) is 44.0 Å². The summed E-state index contributed by atoms with van der Waals surface area (Å²) >= 11 is 0. The summed E-state index contributed by atoms with van der Waals surface area (Å²) in [7, 11) is 0. The van der Waals surface area contributed by atoms with Gasteiger partial charge in [0.25, 0.3) is 0 Å². The van der Waals surface area contributed by atoms with Crippen molar-refractivity contribution in [3.05, 3.63) is 42.1 Å². The molecule has 8 heteroatoms. The molecule has 0 N–H and O–H groups in total. The van der Waals surface area contributed by atoms with Crippen LogP contribution in [-0.4, -0.2) is 56.7 Å². The third kappa shape index (κ3) is 3.40. The van der Waals surface area contributed by atoms with Crippen LogP contribution in [-0.2, 0) is 4.79 Å². The highest BCUT2D eigenvalue weighted by molar-refractivity contribution is 5.88. The molecule has 1 amide bonds. The van der Waals surface area contributed by atoms with Crippen molar-refractivity contribution >= 4 is 22.8 Å². The molecule has 2 aromatic heterocycles. The fourth-order valence-electron chi connectivity index (χ4n) is 4.58. The molecule has 0 bridgehead atoms. The predicted molar refractivity (Wildman–Crippen MR) is 112 cm³/mol. The molecule has 7 nitrogen and oxygen atoms in total. The van der Waals surface area contributed by atoms with E-state index in [1.165, 1.54) is 25.0 Å². The van der Waals surface area contributed by atoms with Crippen LogP contribution < -0.4 is 4.90 Å². The van der Waals surface area contributed by atoms with Gasteiger partial charge >= 0.3 is 0 Å². The van der Waals surface area contributed by atoms with Crippen LogP contribution >= 0.6 is 0 Å². The minimum absolute atomic E-state index is 0.221. The van der Waals surface area contributed by atoms with Crippen LogP contribution in [0.25, 0.3) is 16.7 Å². The van der Waals surface area contributed by atoms with E-state index < -0.39 is 0 Å². The summed E-state index contributed by atoms with van der Waals surface area (Å²) < 4.78 is 15.0. The number of piperazine rings is 1. The molecule has 3 aromatic rings. The van der Waals surface area contributed by atoms with Crippen molar-refractivity contribution in [2.45, 2.75) is 32.6 Å². The van der Waals surface area contributed by atoms with E-state index in [2.05, 4.69) is 15.0 Å². The van der Waals surface area contributed by atoms with Gasteiger partial charge in [-0.2, -0.15) is 5.10 Å². The molecule has 1 aliphatic carbocycles. The van der Waals surface area contributed by atoms with Gasteiger partial charge in [0.1, 0.15) is 17.5 Å². The van der Waals surface area contributed by atoms with E-state index >= 15 is 0 Å². The van der Waals surface area contributed by atoms with Gasteiger partial charge in [-0.15, -0.1) is 0 Å².